The number of nitrogens with two attached hydrogens (primary N) is 1. The van der Waals surface area contributed by atoms with Crippen LogP contribution in [0.5, 0.6) is 0 Å². The number of nitrogens with one attached hydrogen (secondary N) is 1. The number of rotatable bonds is 3. The third-order valence-electron chi connectivity index (χ3n) is 2.37. The molecule has 0 saturated heterocycles. The van der Waals surface area contributed by atoms with Crippen molar-refractivity contribution in [3.05, 3.63) is 62.8 Å². The minimum absolute atomic E-state index is 0.192. The van der Waals surface area contributed by atoms with Crippen LogP contribution >= 0.6 is 11.6 Å². The highest BCUT2D eigenvalue weighted by Gasteiger charge is 2.04. The number of hydrogen-bond donors (Lipinski definition) is 2. The molecule has 0 fully saturated rings. The van der Waals surface area contributed by atoms with Crippen LogP contribution in [-0.2, 0) is 13.0 Å². The molecule has 4 nitrogen and oxygen atoms in total. The van der Waals surface area contributed by atoms with Crippen molar-refractivity contribution in [2.45, 2.75) is 13.0 Å². The van der Waals surface area contributed by atoms with Gasteiger partial charge in [0.15, 0.2) is 0 Å². The molecule has 17 heavy (non-hydrogen) atoms. The summed E-state index contributed by atoms with van der Waals surface area (Å²) in [7, 11) is 0. The lowest BCUT2D eigenvalue weighted by molar-refractivity contribution is 0.875. The molecule has 1 aromatic carbocycles. The van der Waals surface area contributed by atoms with Crippen molar-refractivity contribution in [3.63, 3.8) is 0 Å². The van der Waals surface area contributed by atoms with E-state index < -0.39 is 0 Å². The Morgan fingerprint density at radius 2 is 2.12 bits per heavy atom. The lowest BCUT2D eigenvalue weighted by atomic mass is 10.1. The van der Waals surface area contributed by atoms with Gasteiger partial charge in [-0.05, 0) is 11.6 Å². The Balaban J connectivity index is 2.33. The Kier molecular flexibility index (Phi) is 3.56. The van der Waals surface area contributed by atoms with Crippen LogP contribution in [0.2, 0.25) is 5.02 Å². The fraction of sp³-hybridized carbons (Fsp3) is 0.167. The first kappa shape index (κ1) is 11.8. The number of benzene rings is 1. The monoisotopic (exact) mass is 249 g/mol. The van der Waals surface area contributed by atoms with Crippen LogP contribution in [0.1, 0.15) is 17.1 Å². The summed E-state index contributed by atoms with van der Waals surface area (Å²) in [5.74, 6) is 0.575. The number of H-pyrrole nitrogens is 1. The summed E-state index contributed by atoms with van der Waals surface area (Å²) in [6.07, 6.45) is 0.489. The number of aromatic nitrogens is 2. The van der Waals surface area contributed by atoms with Crippen LogP contribution in [0, 0.1) is 0 Å². The first-order chi connectivity index (χ1) is 8.19. The van der Waals surface area contributed by atoms with Gasteiger partial charge in [-0.1, -0.05) is 29.8 Å². The van der Waals surface area contributed by atoms with E-state index in [1.807, 2.05) is 24.3 Å². The molecule has 0 aliphatic carbocycles. The van der Waals surface area contributed by atoms with Gasteiger partial charge < -0.3 is 10.7 Å². The van der Waals surface area contributed by atoms with E-state index in [1.165, 1.54) is 6.07 Å². The van der Waals surface area contributed by atoms with Gasteiger partial charge in [-0.3, -0.25) is 4.79 Å². The highest BCUT2D eigenvalue weighted by Crippen LogP contribution is 2.16. The minimum Gasteiger partial charge on any atom is -0.325 e. The predicted molar refractivity (Wildman–Crippen MR) is 67.0 cm³/mol. The quantitative estimate of drug-likeness (QED) is 0.865. The molecular weight excluding hydrogens is 238 g/mol. The summed E-state index contributed by atoms with van der Waals surface area (Å²) in [6.45, 7) is 0.249. The third kappa shape index (κ3) is 2.93. The van der Waals surface area contributed by atoms with Crippen molar-refractivity contribution in [1.29, 1.82) is 0 Å². The van der Waals surface area contributed by atoms with E-state index in [0.717, 1.165) is 5.56 Å². The third-order valence-corrected chi connectivity index (χ3v) is 2.74. The highest BCUT2D eigenvalue weighted by atomic mass is 35.5. The Labute approximate surface area is 103 Å². The number of hydrogen-bond acceptors (Lipinski definition) is 3. The molecule has 0 aliphatic rings. The van der Waals surface area contributed by atoms with E-state index in [-0.39, 0.29) is 12.1 Å². The van der Waals surface area contributed by atoms with Crippen LogP contribution in [0.15, 0.2) is 35.1 Å². The van der Waals surface area contributed by atoms with Gasteiger partial charge in [0, 0.05) is 24.1 Å². The molecule has 0 atom stereocenters. The molecule has 88 valence electrons. The van der Waals surface area contributed by atoms with Crippen molar-refractivity contribution in [3.8, 4) is 0 Å². The van der Waals surface area contributed by atoms with Crippen LogP contribution in [0.3, 0.4) is 0 Å². The van der Waals surface area contributed by atoms with E-state index in [9.17, 15) is 4.79 Å². The molecule has 2 aromatic rings. The van der Waals surface area contributed by atoms with Crippen LogP contribution in [-0.4, -0.2) is 9.97 Å². The summed E-state index contributed by atoms with van der Waals surface area (Å²) in [5, 5.41) is 0.660. The lowest BCUT2D eigenvalue weighted by Crippen LogP contribution is -2.15. The molecule has 3 N–H and O–H groups in total. The molecule has 5 heteroatoms. The van der Waals surface area contributed by atoms with Crippen molar-refractivity contribution in [1.82, 2.24) is 9.97 Å². The molecule has 0 saturated carbocycles. The van der Waals surface area contributed by atoms with E-state index in [0.29, 0.717) is 23.0 Å². The van der Waals surface area contributed by atoms with Crippen LogP contribution in [0.25, 0.3) is 0 Å². The maximum atomic E-state index is 11.4. The van der Waals surface area contributed by atoms with E-state index in [4.69, 9.17) is 17.3 Å². The zero-order chi connectivity index (χ0) is 12.3. The average Bonchev–Trinajstić information content (AvgIpc) is 2.31. The summed E-state index contributed by atoms with van der Waals surface area (Å²) < 4.78 is 0. The van der Waals surface area contributed by atoms with Gasteiger partial charge in [0.05, 0.1) is 5.69 Å². The Morgan fingerprint density at radius 1 is 1.35 bits per heavy atom. The minimum atomic E-state index is -0.192. The van der Waals surface area contributed by atoms with E-state index in [2.05, 4.69) is 9.97 Å². The van der Waals surface area contributed by atoms with Crippen molar-refractivity contribution in [2.75, 3.05) is 0 Å². The topological polar surface area (TPSA) is 71.8 Å². The molecule has 0 amide bonds. The van der Waals surface area contributed by atoms with Gasteiger partial charge in [0.2, 0.25) is 0 Å². The SMILES string of the molecule is NCc1cc(=O)[nH]c(Cc2ccccc2Cl)n1. The molecule has 0 unspecified atom stereocenters. The largest absolute Gasteiger partial charge is 0.325 e. The van der Waals surface area contributed by atoms with E-state index >= 15 is 0 Å². The average molecular weight is 250 g/mol. The number of nitrogens with zero attached hydrogens (tertiary/aromatic N) is 1. The van der Waals surface area contributed by atoms with E-state index in [1.54, 1.807) is 0 Å². The molecule has 0 radical (unpaired) electrons. The van der Waals surface area contributed by atoms with Gasteiger partial charge in [0.25, 0.3) is 5.56 Å². The molecule has 2 rings (SSSR count). The predicted octanol–water partition coefficient (Wildman–Crippen LogP) is 1.47. The smallest absolute Gasteiger partial charge is 0.251 e. The standard InChI is InChI=1S/C12H12ClN3O/c13-10-4-2-1-3-8(10)5-11-15-9(7-14)6-12(17)16-11/h1-4,6H,5,7,14H2,(H,15,16,17). The van der Waals surface area contributed by atoms with Crippen molar-refractivity contribution >= 4 is 11.6 Å². The van der Waals surface area contributed by atoms with Gasteiger partial charge in [0.1, 0.15) is 5.82 Å². The Morgan fingerprint density at radius 3 is 2.82 bits per heavy atom. The second-order valence-corrected chi connectivity index (χ2v) is 4.06. The summed E-state index contributed by atoms with van der Waals surface area (Å²) in [6, 6.07) is 8.86. The number of aromatic amines is 1. The Hall–Kier alpha value is -1.65. The maximum Gasteiger partial charge on any atom is 0.251 e. The molecule has 0 bridgehead atoms. The molecule has 1 heterocycles. The second-order valence-electron chi connectivity index (χ2n) is 3.66. The van der Waals surface area contributed by atoms with Crippen LogP contribution in [0.4, 0.5) is 0 Å². The highest BCUT2D eigenvalue weighted by molar-refractivity contribution is 6.31. The fourth-order valence-corrected chi connectivity index (χ4v) is 1.78. The lowest BCUT2D eigenvalue weighted by Gasteiger charge is -2.04. The molecule has 1 aromatic heterocycles. The van der Waals surface area contributed by atoms with Crippen LogP contribution < -0.4 is 11.3 Å². The Bertz CT molecular complexity index is 580. The van der Waals surface area contributed by atoms with Crippen molar-refractivity contribution < 1.29 is 0 Å². The zero-order valence-corrected chi connectivity index (χ0v) is 9.87. The first-order valence-corrected chi connectivity index (χ1v) is 5.59. The molecule has 0 spiro atoms. The first-order valence-electron chi connectivity index (χ1n) is 5.21. The second kappa shape index (κ2) is 5.12. The van der Waals surface area contributed by atoms with Gasteiger partial charge >= 0.3 is 0 Å². The van der Waals surface area contributed by atoms with Gasteiger partial charge in [-0.2, -0.15) is 0 Å². The number of halogens is 1. The molecular formula is C12H12ClN3O. The summed E-state index contributed by atoms with van der Waals surface area (Å²) in [4.78, 5) is 18.3. The maximum absolute atomic E-state index is 11.4. The van der Waals surface area contributed by atoms with Crippen molar-refractivity contribution in [2.24, 2.45) is 5.73 Å². The van der Waals surface area contributed by atoms with Gasteiger partial charge in [-0.25, -0.2) is 4.98 Å². The summed E-state index contributed by atoms with van der Waals surface area (Å²) >= 11 is 6.04. The normalized spacial score (nSPS) is 10.5. The zero-order valence-electron chi connectivity index (χ0n) is 9.11. The fourth-order valence-electron chi connectivity index (χ4n) is 1.57. The van der Waals surface area contributed by atoms with Gasteiger partial charge in [-0.15, -0.1) is 0 Å². The molecule has 0 aliphatic heterocycles. The summed E-state index contributed by atoms with van der Waals surface area (Å²) in [5.41, 5.74) is 6.78.